The third-order valence-electron chi connectivity index (χ3n) is 5.57. The van der Waals surface area contributed by atoms with Crippen LogP contribution in [0.2, 0.25) is 0 Å². The van der Waals surface area contributed by atoms with Crippen molar-refractivity contribution in [2.75, 3.05) is 31.1 Å². The van der Waals surface area contributed by atoms with Crippen LogP contribution in [-0.2, 0) is 20.0 Å². The van der Waals surface area contributed by atoms with Crippen molar-refractivity contribution in [1.82, 2.24) is 14.0 Å². The molecule has 1 aliphatic rings. The van der Waals surface area contributed by atoms with E-state index in [0.717, 1.165) is 6.07 Å². The van der Waals surface area contributed by atoms with Crippen molar-refractivity contribution in [1.29, 1.82) is 0 Å². The highest BCUT2D eigenvalue weighted by atomic mass is 32.2. The van der Waals surface area contributed by atoms with Gasteiger partial charge in [-0.05, 0) is 31.0 Å². The number of non-ortho nitro benzene ring substituents is 1. The van der Waals surface area contributed by atoms with Gasteiger partial charge in [0.05, 0.1) is 9.82 Å². The standard InChI is InChI=1S/C20H27N5O6S2/c1-3-16(4-2)22-32(28,29)19-8-9-20(21-15-19)23-10-12-24(13-11-23)33(30,31)18-7-5-6-17(14-18)25(26)27/h5-9,14-16,22H,3-4,10-13H2,1-2H3. The quantitative estimate of drug-likeness (QED) is 0.409. The minimum absolute atomic E-state index is 0.0741. The zero-order chi connectivity index (χ0) is 24.2. The first-order valence-corrected chi connectivity index (χ1v) is 13.5. The number of nitro groups is 1. The van der Waals surface area contributed by atoms with Gasteiger partial charge in [0.2, 0.25) is 20.0 Å². The van der Waals surface area contributed by atoms with Gasteiger partial charge < -0.3 is 4.90 Å². The smallest absolute Gasteiger partial charge is 0.270 e. The van der Waals surface area contributed by atoms with Crippen LogP contribution in [0.1, 0.15) is 26.7 Å². The Morgan fingerprint density at radius 2 is 1.70 bits per heavy atom. The van der Waals surface area contributed by atoms with Gasteiger partial charge in [0.15, 0.2) is 0 Å². The Morgan fingerprint density at radius 3 is 2.24 bits per heavy atom. The maximum absolute atomic E-state index is 12.9. The summed E-state index contributed by atoms with van der Waals surface area (Å²) in [6.07, 6.45) is 2.67. The molecule has 13 heteroatoms. The predicted octanol–water partition coefficient (Wildman–Crippen LogP) is 1.97. The number of sulfonamides is 2. The topological polar surface area (TPSA) is 143 Å². The molecular formula is C20H27N5O6S2. The zero-order valence-electron chi connectivity index (χ0n) is 18.4. The first-order valence-electron chi connectivity index (χ1n) is 10.6. The normalized spacial score (nSPS) is 15.7. The molecule has 0 radical (unpaired) electrons. The summed E-state index contributed by atoms with van der Waals surface area (Å²) in [5.74, 6) is 0.545. The Balaban J connectivity index is 1.67. The number of nitro benzene ring substituents is 1. The van der Waals surface area contributed by atoms with Crippen LogP contribution in [0.4, 0.5) is 11.5 Å². The van der Waals surface area contributed by atoms with Crippen LogP contribution in [0.3, 0.4) is 0 Å². The van der Waals surface area contributed by atoms with Crippen LogP contribution in [0.15, 0.2) is 52.4 Å². The van der Waals surface area contributed by atoms with Crippen molar-refractivity contribution >= 4 is 31.6 Å². The molecule has 0 unspecified atom stereocenters. The fourth-order valence-corrected chi connectivity index (χ4v) is 6.33. The number of pyridine rings is 1. The van der Waals surface area contributed by atoms with Gasteiger partial charge >= 0.3 is 0 Å². The lowest BCUT2D eigenvalue weighted by molar-refractivity contribution is -0.385. The minimum atomic E-state index is -3.87. The molecule has 11 nitrogen and oxygen atoms in total. The van der Waals surface area contributed by atoms with Crippen molar-refractivity contribution in [2.45, 2.75) is 42.5 Å². The van der Waals surface area contributed by atoms with E-state index in [-0.39, 0.29) is 34.6 Å². The number of anilines is 1. The molecule has 1 aliphatic heterocycles. The van der Waals surface area contributed by atoms with Crippen LogP contribution in [0, 0.1) is 10.1 Å². The zero-order valence-corrected chi connectivity index (χ0v) is 20.0. The summed E-state index contributed by atoms with van der Waals surface area (Å²) in [7, 11) is -7.54. The maximum Gasteiger partial charge on any atom is 0.270 e. The highest BCUT2D eigenvalue weighted by Crippen LogP contribution is 2.23. The largest absolute Gasteiger partial charge is 0.354 e. The Hall–Kier alpha value is -2.61. The highest BCUT2D eigenvalue weighted by Gasteiger charge is 2.30. The number of benzene rings is 1. The van der Waals surface area contributed by atoms with Gasteiger partial charge in [-0.15, -0.1) is 0 Å². The summed E-state index contributed by atoms with van der Waals surface area (Å²) in [5, 5.41) is 11.0. The number of nitrogens with zero attached hydrogens (tertiary/aromatic N) is 4. The number of hydrogen-bond donors (Lipinski definition) is 1. The Bertz CT molecular complexity index is 1190. The van der Waals surface area contributed by atoms with Crippen molar-refractivity contribution in [3.05, 3.63) is 52.7 Å². The fourth-order valence-electron chi connectivity index (χ4n) is 3.53. The second kappa shape index (κ2) is 10.1. The molecule has 3 rings (SSSR count). The predicted molar refractivity (Wildman–Crippen MR) is 123 cm³/mol. The van der Waals surface area contributed by atoms with Crippen molar-refractivity contribution in [3.63, 3.8) is 0 Å². The van der Waals surface area contributed by atoms with Gasteiger partial charge in [-0.25, -0.2) is 26.5 Å². The van der Waals surface area contributed by atoms with Gasteiger partial charge in [-0.3, -0.25) is 10.1 Å². The van der Waals surface area contributed by atoms with E-state index in [2.05, 4.69) is 9.71 Å². The highest BCUT2D eigenvalue weighted by molar-refractivity contribution is 7.89. The van der Waals surface area contributed by atoms with E-state index >= 15 is 0 Å². The van der Waals surface area contributed by atoms with Gasteiger partial charge in [-0.2, -0.15) is 4.31 Å². The maximum atomic E-state index is 12.9. The summed E-state index contributed by atoms with van der Waals surface area (Å²) in [6, 6.07) is 7.93. The molecule has 0 spiro atoms. The van der Waals surface area contributed by atoms with Crippen LogP contribution in [0.5, 0.6) is 0 Å². The SMILES string of the molecule is CCC(CC)NS(=O)(=O)c1ccc(N2CCN(S(=O)(=O)c3cccc([N+](=O)[O-])c3)CC2)nc1. The molecule has 0 amide bonds. The Kier molecular flexibility index (Phi) is 7.67. The third-order valence-corrected chi connectivity index (χ3v) is 8.97. The van der Waals surface area contributed by atoms with Crippen LogP contribution < -0.4 is 9.62 Å². The van der Waals surface area contributed by atoms with E-state index in [9.17, 15) is 26.9 Å². The molecule has 0 aliphatic carbocycles. The summed E-state index contributed by atoms with van der Waals surface area (Å²) >= 11 is 0. The van der Waals surface area contributed by atoms with Crippen molar-refractivity contribution < 1.29 is 21.8 Å². The lowest BCUT2D eigenvalue weighted by atomic mass is 10.2. The summed E-state index contributed by atoms with van der Waals surface area (Å²) < 4.78 is 54.8. The Morgan fingerprint density at radius 1 is 1.03 bits per heavy atom. The molecule has 2 heterocycles. The van der Waals surface area contributed by atoms with E-state index in [1.165, 1.54) is 34.8 Å². The van der Waals surface area contributed by atoms with Gasteiger partial charge in [0.1, 0.15) is 10.7 Å². The Labute approximate surface area is 193 Å². The molecule has 33 heavy (non-hydrogen) atoms. The lowest BCUT2D eigenvalue weighted by Gasteiger charge is -2.34. The summed E-state index contributed by atoms with van der Waals surface area (Å²) in [6.45, 7) is 4.86. The van der Waals surface area contributed by atoms with Crippen molar-refractivity contribution in [3.8, 4) is 0 Å². The average molecular weight is 498 g/mol. The molecular weight excluding hydrogens is 470 g/mol. The molecule has 1 saturated heterocycles. The molecule has 2 aromatic rings. The lowest BCUT2D eigenvalue weighted by Crippen LogP contribution is -2.48. The number of rotatable bonds is 9. The molecule has 0 atom stereocenters. The summed E-state index contributed by atoms with van der Waals surface area (Å²) in [5.41, 5.74) is -0.285. The third kappa shape index (κ3) is 5.66. The molecule has 0 saturated carbocycles. The minimum Gasteiger partial charge on any atom is -0.354 e. The number of piperazine rings is 1. The second-order valence-corrected chi connectivity index (χ2v) is 11.3. The number of aromatic nitrogens is 1. The number of hydrogen-bond acceptors (Lipinski definition) is 8. The first-order chi connectivity index (χ1) is 15.6. The average Bonchev–Trinajstić information content (AvgIpc) is 2.82. The molecule has 0 bridgehead atoms. The molecule has 1 N–H and O–H groups in total. The number of nitrogens with one attached hydrogen (secondary N) is 1. The molecule has 1 fully saturated rings. The molecule has 1 aromatic heterocycles. The monoisotopic (exact) mass is 497 g/mol. The van der Waals surface area contributed by atoms with E-state index in [1.807, 2.05) is 18.7 Å². The van der Waals surface area contributed by atoms with E-state index in [0.29, 0.717) is 31.7 Å². The van der Waals surface area contributed by atoms with Gasteiger partial charge in [0, 0.05) is 50.6 Å². The summed E-state index contributed by atoms with van der Waals surface area (Å²) in [4.78, 5) is 16.4. The first kappa shape index (κ1) is 25.0. The van der Waals surface area contributed by atoms with E-state index in [4.69, 9.17) is 0 Å². The fraction of sp³-hybridized carbons (Fsp3) is 0.450. The van der Waals surface area contributed by atoms with Gasteiger partial charge in [-0.1, -0.05) is 19.9 Å². The second-order valence-electron chi connectivity index (χ2n) is 7.63. The van der Waals surface area contributed by atoms with E-state index < -0.39 is 25.0 Å². The van der Waals surface area contributed by atoms with Gasteiger partial charge in [0.25, 0.3) is 5.69 Å². The van der Waals surface area contributed by atoms with Crippen molar-refractivity contribution in [2.24, 2.45) is 0 Å². The molecule has 1 aromatic carbocycles. The molecule has 180 valence electrons. The van der Waals surface area contributed by atoms with E-state index in [1.54, 1.807) is 6.07 Å². The van der Waals surface area contributed by atoms with Crippen LogP contribution in [0.25, 0.3) is 0 Å². The van der Waals surface area contributed by atoms with Crippen LogP contribution >= 0.6 is 0 Å². The van der Waals surface area contributed by atoms with Crippen LogP contribution in [-0.4, -0.2) is 63.3 Å².